The molecular formula is C19H14Cl2FNO2. The summed E-state index contributed by atoms with van der Waals surface area (Å²) in [4.78, 5) is 16.5. The summed E-state index contributed by atoms with van der Waals surface area (Å²) in [5.41, 5.74) is 2.85. The Labute approximate surface area is 154 Å². The molecule has 0 radical (unpaired) electrons. The summed E-state index contributed by atoms with van der Waals surface area (Å²) in [6.07, 6.45) is 0. The van der Waals surface area contributed by atoms with Crippen LogP contribution in [0, 0.1) is 12.7 Å². The van der Waals surface area contributed by atoms with Crippen molar-refractivity contribution in [3.8, 4) is 11.1 Å². The Kier molecular flexibility index (Phi) is 4.93. The Morgan fingerprint density at radius 1 is 1.20 bits per heavy atom. The highest BCUT2D eigenvalue weighted by atomic mass is 35.5. The fraction of sp³-hybridized carbons (Fsp3) is 0.158. The minimum absolute atomic E-state index is 0.232. The number of carbonyl (C=O) groups excluding carboxylic acids is 1. The minimum Gasteiger partial charge on any atom is -0.462 e. The van der Waals surface area contributed by atoms with Gasteiger partial charge in [-0.15, -0.1) is 0 Å². The molecule has 0 amide bonds. The molecule has 0 fully saturated rings. The van der Waals surface area contributed by atoms with Crippen LogP contribution in [0.1, 0.15) is 23.0 Å². The summed E-state index contributed by atoms with van der Waals surface area (Å²) in [7, 11) is 0. The van der Waals surface area contributed by atoms with Gasteiger partial charge in [0.15, 0.2) is 0 Å². The molecule has 0 aliphatic heterocycles. The van der Waals surface area contributed by atoms with E-state index in [1.165, 1.54) is 12.1 Å². The lowest BCUT2D eigenvalue weighted by molar-refractivity contribution is 0.0526. The highest BCUT2D eigenvalue weighted by Crippen LogP contribution is 2.40. The van der Waals surface area contributed by atoms with Crippen molar-refractivity contribution in [2.24, 2.45) is 0 Å². The third kappa shape index (κ3) is 3.32. The highest BCUT2D eigenvalue weighted by Gasteiger charge is 2.18. The first-order valence-corrected chi connectivity index (χ1v) is 8.40. The van der Waals surface area contributed by atoms with Crippen molar-refractivity contribution in [1.82, 2.24) is 4.98 Å². The van der Waals surface area contributed by atoms with E-state index in [0.717, 1.165) is 0 Å². The Bertz CT molecular complexity index is 989. The van der Waals surface area contributed by atoms with Crippen LogP contribution in [0.4, 0.5) is 4.39 Å². The largest absolute Gasteiger partial charge is 0.462 e. The van der Waals surface area contributed by atoms with Gasteiger partial charge in [0.1, 0.15) is 5.82 Å². The van der Waals surface area contributed by atoms with Crippen LogP contribution in [0.15, 0.2) is 36.4 Å². The van der Waals surface area contributed by atoms with E-state index in [1.807, 2.05) is 0 Å². The van der Waals surface area contributed by atoms with Crippen LogP contribution in [-0.2, 0) is 4.74 Å². The number of hydrogen-bond acceptors (Lipinski definition) is 3. The van der Waals surface area contributed by atoms with E-state index < -0.39 is 11.8 Å². The van der Waals surface area contributed by atoms with Gasteiger partial charge in [-0.25, -0.2) is 9.18 Å². The predicted octanol–water partition coefficient (Wildman–Crippen LogP) is 5.83. The molecule has 2 aromatic carbocycles. The van der Waals surface area contributed by atoms with Crippen molar-refractivity contribution in [2.75, 3.05) is 6.61 Å². The lowest BCUT2D eigenvalue weighted by atomic mass is 9.98. The van der Waals surface area contributed by atoms with E-state index >= 15 is 0 Å². The van der Waals surface area contributed by atoms with Crippen LogP contribution >= 0.6 is 23.2 Å². The molecule has 1 heterocycles. The maximum Gasteiger partial charge on any atom is 0.338 e. The van der Waals surface area contributed by atoms with Gasteiger partial charge < -0.3 is 4.74 Å². The molecule has 3 rings (SSSR count). The second kappa shape index (κ2) is 6.98. The standard InChI is InChI=1S/C19H14Cl2FNO2/c1-3-25-19(24)11-4-7-16-14(8-11)17(18(21)10(2)23-16)13-6-5-12(22)9-15(13)20/h4-9H,3H2,1-2H3. The van der Waals surface area contributed by atoms with Crippen LogP contribution in [0.3, 0.4) is 0 Å². The third-order valence-corrected chi connectivity index (χ3v) is 4.58. The lowest BCUT2D eigenvalue weighted by Gasteiger charge is -2.14. The van der Waals surface area contributed by atoms with Gasteiger partial charge in [0, 0.05) is 16.5 Å². The predicted molar refractivity (Wildman–Crippen MR) is 97.9 cm³/mol. The van der Waals surface area contributed by atoms with Crippen molar-refractivity contribution >= 4 is 40.1 Å². The first-order chi connectivity index (χ1) is 11.9. The van der Waals surface area contributed by atoms with Crippen molar-refractivity contribution in [3.05, 3.63) is 63.5 Å². The molecule has 3 aromatic rings. The van der Waals surface area contributed by atoms with Gasteiger partial charge in [-0.2, -0.15) is 0 Å². The van der Waals surface area contributed by atoms with Crippen LogP contribution in [0.2, 0.25) is 10.0 Å². The zero-order valence-corrected chi connectivity index (χ0v) is 15.1. The molecule has 6 heteroatoms. The number of aryl methyl sites for hydroxylation is 1. The summed E-state index contributed by atoms with van der Waals surface area (Å²) < 4.78 is 18.5. The van der Waals surface area contributed by atoms with Gasteiger partial charge >= 0.3 is 5.97 Å². The summed E-state index contributed by atoms with van der Waals surface area (Å²) >= 11 is 12.7. The van der Waals surface area contributed by atoms with Gasteiger partial charge in [0.05, 0.1) is 33.4 Å². The third-order valence-electron chi connectivity index (χ3n) is 3.80. The number of ether oxygens (including phenoxy) is 1. The molecule has 128 valence electrons. The summed E-state index contributed by atoms with van der Waals surface area (Å²) in [6.45, 7) is 3.80. The van der Waals surface area contributed by atoms with E-state index in [2.05, 4.69) is 4.98 Å². The maximum atomic E-state index is 13.4. The first kappa shape index (κ1) is 17.6. The van der Waals surface area contributed by atoms with Gasteiger partial charge in [-0.05, 0) is 50.2 Å². The molecule has 0 bridgehead atoms. The molecule has 25 heavy (non-hydrogen) atoms. The number of pyridine rings is 1. The Balaban J connectivity index is 2.33. The number of nitrogens with zero attached hydrogens (tertiary/aromatic N) is 1. The lowest BCUT2D eigenvalue weighted by Crippen LogP contribution is -2.04. The molecule has 0 aliphatic carbocycles. The topological polar surface area (TPSA) is 39.2 Å². The van der Waals surface area contributed by atoms with Crippen molar-refractivity contribution < 1.29 is 13.9 Å². The van der Waals surface area contributed by atoms with Crippen molar-refractivity contribution in [3.63, 3.8) is 0 Å². The normalized spacial score (nSPS) is 10.9. The number of hydrogen-bond donors (Lipinski definition) is 0. The average molecular weight is 378 g/mol. The zero-order chi connectivity index (χ0) is 18.1. The van der Waals surface area contributed by atoms with Crippen molar-refractivity contribution in [2.45, 2.75) is 13.8 Å². The molecule has 0 spiro atoms. The Hall–Kier alpha value is -2.17. The van der Waals surface area contributed by atoms with E-state index in [4.69, 9.17) is 27.9 Å². The van der Waals surface area contributed by atoms with Gasteiger partial charge in [-0.3, -0.25) is 4.98 Å². The Morgan fingerprint density at radius 3 is 2.64 bits per heavy atom. The molecule has 0 unspecified atom stereocenters. The fourth-order valence-corrected chi connectivity index (χ4v) is 3.17. The quantitative estimate of drug-likeness (QED) is 0.538. The number of esters is 1. The van der Waals surface area contributed by atoms with E-state index in [9.17, 15) is 9.18 Å². The smallest absolute Gasteiger partial charge is 0.338 e. The van der Waals surface area contributed by atoms with E-state index in [1.54, 1.807) is 38.1 Å². The molecule has 0 saturated carbocycles. The number of halogens is 3. The highest BCUT2D eigenvalue weighted by molar-refractivity contribution is 6.38. The zero-order valence-electron chi connectivity index (χ0n) is 13.6. The van der Waals surface area contributed by atoms with E-state index in [-0.39, 0.29) is 11.6 Å². The SMILES string of the molecule is CCOC(=O)c1ccc2nc(C)c(Cl)c(-c3ccc(F)cc3Cl)c2c1. The van der Waals surface area contributed by atoms with Gasteiger partial charge in [-0.1, -0.05) is 23.2 Å². The van der Waals surface area contributed by atoms with Crippen LogP contribution in [0.25, 0.3) is 22.0 Å². The summed E-state index contributed by atoms with van der Waals surface area (Å²) in [5.74, 6) is -0.871. The van der Waals surface area contributed by atoms with E-state index in [0.29, 0.717) is 38.3 Å². The van der Waals surface area contributed by atoms with Gasteiger partial charge in [0.2, 0.25) is 0 Å². The summed E-state index contributed by atoms with van der Waals surface area (Å²) in [5, 5.41) is 1.28. The number of carbonyl (C=O) groups is 1. The molecule has 0 aliphatic rings. The van der Waals surface area contributed by atoms with Crippen molar-refractivity contribution in [1.29, 1.82) is 0 Å². The first-order valence-electron chi connectivity index (χ1n) is 7.64. The molecule has 3 nitrogen and oxygen atoms in total. The monoisotopic (exact) mass is 377 g/mol. The number of aromatic nitrogens is 1. The fourth-order valence-electron chi connectivity index (χ4n) is 2.66. The second-order valence-corrected chi connectivity index (χ2v) is 6.25. The molecule has 0 saturated heterocycles. The molecular weight excluding hydrogens is 364 g/mol. The maximum absolute atomic E-state index is 13.4. The van der Waals surface area contributed by atoms with Gasteiger partial charge in [0.25, 0.3) is 0 Å². The number of benzene rings is 2. The second-order valence-electron chi connectivity index (χ2n) is 5.46. The molecule has 1 aromatic heterocycles. The molecule has 0 atom stereocenters. The van der Waals surface area contributed by atoms with Crippen LogP contribution in [-0.4, -0.2) is 17.6 Å². The number of fused-ring (bicyclic) bond motifs is 1. The van der Waals surface area contributed by atoms with Crippen LogP contribution in [0.5, 0.6) is 0 Å². The summed E-state index contributed by atoms with van der Waals surface area (Å²) in [6, 6.07) is 9.15. The minimum atomic E-state index is -0.438. The van der Waals surface area contributed by atoms with Crippen LogP contribution < -0.4 is 0 Å². The number of rotatable bonds is 3. The molecule has 0 N–H and O–H groups in total. The average Bonchev–Trinajstić information content (AvgIpc) is 2.57. The Morgan fingerprint density at radius 2 is 1.96 bits per heavy atom.